The highest BCUT2D eigenvalue weighted by Gasteiger charge is 2.62. The van der Waals surface area contributed by atoms with E-state index in [2.05, 4.69) is 68.5 Å². The zero-order valence-electron chi connectivity index (χ0n) is 28.4. The van der Waals surface area contributed by atoms with Crippen molar-refractivity contribution < 1.29 is 18.9 Å². The highest BCUT2D eigenvalue weighted by Crippen LogP contribution is 2.65. The summed E-state index contributed by atoms with van der Waals surface area (Å²) in [5.74, 6) is 1.56. The molecule has 4 nitrogen and oxygen atoms in total. The molecule has 0 aromatic rings. The van der Waals surface area contributed by atoms with Crippen molar-refractivity contribution in [1.82, 2.24) is 0 Å². The van der Waals surface area contributed by atoms with Crippen molar-refractivity contribution in [3.05, 3.63) is 24.3 Å². The van der Waals surface area contributed by atoms with Crippen LogP contribution in [-0.4, -0.2) is 37.0 Å². The Bertz CT molecular complexity index is 993. The summed E-state index contributed by atoms with van der Waals surface area (Å²) in [5.41, 5.74) is 3.80. The summed E-state index contributed by atoms with van der Waals surface area (Å²) < 4.78 is 25.7. The summed E-state index contributed by atoms with van der Waals surface area (Å²) in [4.78, 5) is 0. The molecule has 0 aromatic heterocycles. The molecule has 0 spiro atoms. The third-order valence-electron chi connectivity index (χ3n) is 14.2. The van der Waals surface area contributed by atoms with E-state index in [1.807, 2.05) is 0 Å². The van der Waals surface area contributed by atoms with E-state index < -0.39 is 11.6 Å². The van der Waals surface area contributed by atoms with Gasteiger partial charge in [-0.3, -0.25) is 0 Å². The van der Waals surface area contributed by atoms with E-state index in [4.69, 9.17) is 18.9 Å². The number of allylic oxidation sites excluding steroid dienone is 2. The molecule has 2 saturated heterocycles. The van der Waals surface area contributed by atoms with Crippen molar-refractivity contribution in [2.45, 2.75) is 156 Å². The Morgan fingerprint density at radius 1 is 0.571 bits per heavy atom. The van der Waals surface area contributed by atoms with E-state index in [0.29, 0.717) is 46.7 Å². The Morgan fingerprint density at radius 2 is 0.952 bits per heavy atom. The van der Waals surface area contributed by atoms with Crippen LogP contribution in [-0.2, 0) is 18.9 Å². The summed E-state index contributed by atoms with van der Waals surface area (Å²) in [6, 6.07) is 0. The Balaban J connectivity index is 1.11. The summed E-state index contributed by atoms with van der Waals surface area (Å²) in [7, 11) is 0. The zero-order valence-corrected chi connectivity index (χ0v) is 28.4. The van der Waals surface area contributed by atoms with Gasteiger partial charge in [0.05, 0.1) is 25.4 Å². The van der Waals surface area contributed by atoms with Gasteiger partial charge in [-0.25, -0.2) is 0 Å². The molecule has 4 heteroatoms. The minimum atomic E-state index is -0.460. The summed E-state index contributed by atoms with van der Waals surface area (Å²) in [5, 5.41) is 0. The zero-order chi connectivity index (χ0) is 30.3. The first-order valence-electron chi connectivity index (χ1n) is 17.5. The number of hydrogen-bond donors (Lipinski definition) is 0. The number of hydrogen-bond acceptors (Lipinski definition) is 4. The summed E-state index contributed by atoms with van der Waals surface area (Å²) in [6.45, 7) is 29.5. The van der Waals surface area contributed by atoms with Crippen molar-refractivity contribution >= 4 is 0 Å². The van der Waals surface area contributed by atoms with Gasteiger partial charge in [0.15, 0.2) is 11.6 Å². The van der Waals surface area contributed by atoms with E-state index in [1.54, 1.807) is 0 Å². The SMILES string of the molecule is C=C1CC[C@@H]2[C@]3(C)COC(C)(C)O[C@@H]3CC[C@@]2(C)[C@@H]1CCCC[C@@H]1C(=C)CC[C@@H]2[C@]3(C)COC(C)(C)O[C@@H]3CC[C@]21C. The first-order chi connectivity index (χ1) is 19.5. The van der Waals surface area contributed by atoms with Crippen molar-refractivity contribution in [2.75, 3.05) is 13.2 Å². The largest absolute Gasteiger partial charge is 0.350 e. The van der Waals surface area contributed by atoms with Crippen molar-refractivity contribution in [1.29, 1.82) is 0 Å². The molecule has 6 fully saturated rings. The number of ether oxygens (including phenoxy) is 4. The van der Waals surface area contributed by atoms with Gasteiger partial charge in [0.25, 0.3) is 0 Å². The van der Waals surface area contributed by atoms with Crippen LogP contribution in [0.1, 0.15) is 132 Å². The maximum absolute atomic E-state index is 6.55. The number of fused-ring (bicyclic) bond motifs is 6. The van der Waals surface area contributed by atoms with Crippen LogP contribution >= 0.6 is 0 Å². The fraction of sp³-hybridized carbons (Fsp3) is 0.895. The topological polar surface area (TPSA) is 36.9 Å². The molecule has 0 bridgehead atoms. The lowest BCUT2D eigenvalue weighted by molar-refractivity contribution is -0.344. The fourth-order valence-corrected chi connectivity index (χ4v) is 11.9. The molecule has 2 heterocycles. The van der Waals surface area contributed by atoms with Gasteiger partial charge < -0.3 is 18.9 Å². The van der Waals surface area contributed by atoms with Gasteiger partial charge in [0.2, 0.25) is 0 Å². The quantitative estimate of drug-likeness (QED) is 0.239. The van der Waals surface area contributed by atoms with Crippen LogP contribution in [0.3, 0.4) is 0 Å². The van der Waals surface area contributed by atoms with Gasteiger partial charge in [-0.15, -0.1) is 0 Å². The third-order valence-corrected chi connectivity index (χ3v) is 14.2. The number of rotatable bonds is 5. The van der Waals surface area contributed by atoms with Gasteiger partial charge in [-0.2, -0.15) is 0 Å². The molecule has 0 amide bonds. The van der Waals surface area contributed by atoms with Crippen LogP contribution < -0.4 is 0 Å². The molecule has 0 radical (unpaired) electrons. The highest BCUT2D eigenvalue weighted by molar-refractivity contribution is 5.20. The third kappa shape index (κ3) is 4.92. The second kappa shape index (κ2) is 10.4. The molecule has 6 rings (SSSR count). The molecule has 10 atom stereocenters. The van der Waals surface area contributed by atoms with Gasteiger partial charge in [-0.1, -0.05) is 64.8 Å². The Labute approximate surface area is 257 Å². The van der Waals surface area contributed by atoms with Crippen LogP contribution in [0.4, 0.5) is 0 Å². The second-order valence-electron chi connectivity index (χ2n) is 17.6. The minimum absolute atomic E-state index is 0.0988. The Morgan fingerprint density at radius 3 is 1.33 bits per heavy atom. The van der Waals surface area contributed by atoms with E-state index in [1.165, 1.54) is 62.5 Å². The van der Waals surface area contributed by atoms with Gasteiger partial charge >= 0.3 is 0 Å². The van der Waals surface area contributed by atoms with Crippen LogP contribution in [0.25, 0.3) is 0 Å². The lowest BCUT2D eigenvalue weighted by atomic mass is 9.45. The predicted molar refractivity (Wildman–Crippen MR) is 170 cm³/mol. The van der Waals surface area contributed by atoms with E-state index in [9.17, 15) is 0 Å². The monoisotopic (exact) mass is 582 g/mol. The molecular formula is C38H62O4. The van der Waals surface area contributed by atoms with Gasteiger partial charge in [0, 0.05) is 10.8 Å². The fourth-order valence-electron chi connectivity index (χ4n) is 11.9. The number of unbranched alkanes of at least 4 members (excludes halogenated alkanes) is 1. The normalized spacial score (nSPS) is 49.8. The maximum atomic E-state index is 6.55. The smallest absolute Gasteiger partial charge is 0.163 e. The van der Waals surface area contributed by atoms with E-state index in [0.717, 1.165) is 38.9 Å². The molecule has 42 heavy (non-hydrogen) atoms. The summed E-state index contributed by atoms with van der Waals surface area (Å²) >= 11 is 0. The molecule has 0 N–H and O–H groups in total. The molecule has 2 aliphatic heterocycles. The van der Waals surface area contributed by atoms with Gasteiger partial charge in [0.1, 0.15) is 0 Å². The lowest BCUT2D eigenvalue weighted by Gasteiger charge is -2.63. The molecule has 0 unspecified atom stereocenters. The average molecular weight is 583 g/mol. The molecule has 4 saturated carbocycles. The van der Waals surface area contributed by atoms with E-state index >= 15 is 0 Å². The molecule has 238 valence electrons. The predicted octanol–water partition coefficient (Wildman–Crippen LogP) is 9.63. The molecular weight excluding hydrogens is 520 g/mol. The van der Waals surface area contributed by atoms with E-state index in [-0.39, 0.29) is 10.8 Å². The van der Waals surface area contributed by atoms with Crippen LogP contribution in [0.2, 0.25) is 0 Å². The Kier molecular flexibility index (Phi) is 7.77. The molecule has 0 aromatic carbocycles. The van der Waals surface area contributed by atoms with Crippen LogP contribution in [0.5, 0.6) is 0 Å². The minimum Gasteiger partial charge on any atom is -0.350 e. The molecule has 4 aliphatic carbocycles. The maximum Gasteiger partial charge on any atom is 0.163 e. The second-order valence-corrected chi connectivity index (χ2v) is 17.6. The van der Waals surface area contributed by atoms with Crippen molar-refractivity contribution in [3.8, 4) is 0 Å². The average Bonchev–Trinajstić information content (AvgIpc) is 2.90. The van der Waals surface area contributed by atoms with Crippen LogP contribution in [0.15, 0.2) is 24.3 Å². The van der Waals surface area contributed by atoms with Crippen LogP contribution in [0, 0.1) is 45.3 Å². The highest BCUT2D eigenvalue weighted by atomic mass is 16.7. The molecule has 6 aliphatic rings. The van der Waals surface area contributed by atoms with Crippen molar-refractivity contribution in [3.63, 3.8) is 0 Å². The lowest BCUT2D eigenvalue weighted by Crippen LogP contribution is -2.63. The first kappa shape index (κ1) is 31.3. The van der Waals surface area contributed by atoms with Crippen molar-refractivity contribution in [2.24, 2.45) is 45.3 Å². The standard InChI is InChI=1S/C38H62O4/c1-25-15-17-29-35(7,21-19-31-37(29,9)23-39-33(3,4)41-31)27(25)13-11-12-14-28-26(2)16-18-30-36(28,8)22-20-32-38(30,10)24-40-34(5,6)42-32/h27-32H,1-2,11-24H2,3-10H3/t27-,28-,29+,30+,31-,32-,35+,36+,37+,38+/m1/s1. The summed E-state index contributed by atoms with van der Waals surface area (Å²) in [6.07, 6.45) is 15.3. The van der Waals surface area contributed by atoms with Gasteiger partial charge in [-0.05, 0) is 126 Å². The Hall–Kier alpha value is -0.680. The first-order valence-corrected chi connectivity index (χ1v) is 17.5.